The van der Waals surface area contributed by atoms with Crippen molar-refractivity contribution in [3.63, 3.8) is 0 Å². The fraction of sp³-hybridized carbons (Fsp3) is 0.111. The number of methoxy groups -OCH3 is 1. The van der Waals surface area contributed by atoms with Crippen molar-refractivity contribution in [1.82, 2.24) is 15.2 Å². The van der Waals surface area contributed by atoms with Gasteiger partial charge in [-0.25, -0.2) is 9.89 Å². The van der Waals surface area contributed by atoms with Gasteiger partial charge in [0.1, 0.15) is 6.61 Å². The molecular weight excluding hydrogens is 405 g/mol. The number of nitrogens with zero attached hydrogens (tertiary/aromatic N) is 3. The van der Waals surface area contributed by atoms with Crippen LogP contribution in [-0.2, 0) is 6.61 Å². The van der Waals surface area contributed by atoms with Crippen LogP contribution in [0.15, 0.2) is 52.5 Å². The summed E-state index contributed by atoms with van der Waals surface area (Å²) in [5.74, 6) is 1.34. The first-order valence-corrected chi connectivity index (χ1v) is 8.76. The van der Waals surface area contributed by atoms with E-state index >= 15 is 0 Å². The number of ether oxygens (including phenoxy) is 2. The Hall–Kier alpha value is -3.10. The molecule has 2 N–H and O–H groups in total. The SMILES string of the molecule is COc1cc(/C=N/Nc2cn[nH]c(=O)n2)ccc1OCc1ccc(Cl)c(Cl)c1. The predicted molar refractivity (Wildman–Crippen MR) is 108 cm³/mol. The third kappa shape index (κ3) is 5.21. The molecule has 0 radical (unpaired) electrons. The van der Waals surface area contributed by atoms with Gasteiger partial charge in [-0.3, -0.25) is 5.43 Å². The summed E-state index contributed by atoms with van der Waals surface area (Å²) in [5.41, 5.74) is 3.69. The average molecular weight is 420 g/mol. The fourth-order valence-corrected chi connectivity index (χ4v) is 2.53. The maximum atomic E-state index is 11.1. The minimum absolute atomic E-state index is 0.230. The van der Waals surface area contributed by atoms with E-state index in [9.17, 15) is 4.79 Å². The first-order chi connectivity index (χ1) is 13.5. The Bertz CT molecular complexity index is 1060. The molecule has 0 atom stereocenters. The second kappa shape index (κ2) is 9.20. The Labute approximate surface area is 170 Å². The van der Waals surface area contributed by atoms with E-state index in [1.165, 1.54) is 6.20 Å². The number of anilines is 1. The molecule has 0 aliphatic heterocycles. The van der Waals surface area contributed by atoms with Crippen molar-refractivity contribution < 1.29 is 9.47 Å². The summed E-state index contributed by atoms with van der Waals surface area (Å²) >= 11 is 11.9. The summed E-state index contributed by atoms with van der Waals surface area (Å²) in [5, 5.41) is 10.8. The summed E-state index contributed by atoms with van der Waals surface area (Å²) < 4.78 is 11.2. The number of hydrogen-bond acceptors (Lipinski definition) is 7. The van der Waals surface area contributed by atoms with Gasteiger partial charge in [-0.05, 0) is 41.5 Å². The standard InChI is InChI=1S/C18H15Cl2N5O3/c1-27-16-7-11(8-21-24-17-9-22-25-18(26)23-17)3-5-15(16)28-10-12-2-4-13(19)14(20)6-12/h2-9H,10H2,1H3,(H2,23,24,25,26)/b21-8+. The number of rotatable bonds is 7. The molecule has 0 fully saturated rings. The van der Waals surface area contributed by atoms with E-state index in [1.54, 1.807) is 43.7 Å². The van der Waals surface area contributed by atoms with Crippen molar-refractivity contribution in [2.75, 3.05) is 12.5 Å². The maximum Gasteiger partial charge on any atom is 0.363 e. The van der Waals surface area contributed by atoms with E-state index in [4.69, 9.17) is 32.7 Å². The van der Waals surface area contributed by atoms with E-state index in [0.717, 1.165) is 11.1 Å². The van der Waals surface area contributed by atoms with Gasteiger partial charge >= 0.3 is 5.69 Å². The van der Waals surface area contributed by atoms with Crippen LogP contribution in [-0.4, -0.2) is 28.5 Å². The predicted octanol–water partition coefficient (Wildman–Crippen LogP) is 3.51. The molecule has 3 aromatic rings. The molecule has 1 heterocycles. The molecule has 3 rings (SSSR count). The summed E-state index contributed by atoms with van der Waals surface area (Å²) in [6.45, 7) is 0.309. The van der Waals surface area contributed by atoms with Gasteiger partial charge in [0.15, 0.2) is 17.3 Å². The highest BCUT2D eigenvalue weighted by Gasteiger charge is 2.07. The van der Waals surface area contributed by atoms with Crippen molar-refractivity contribution in [3.8, 4) is 11.5 Å². The maximum absolute atomic E-state index is 11.1. The van der Waals surface area contributed by atoms with Crippen LogP contribution in [0.2, 0.25) is 10.0 Å². The Balaban J connectivity index is 1.66. The molecule has 28 heavy (non-hydrogen) atoms. The zero-order valence-electron chi connectivity index (χ0n) is 14.6. The van der Waals surface area contributed by atoms with Crippen LogP contribution in [0, 0.1) is 0 Å². The highest BCUT2D eigenvalue weighted by atomic mass is 35.5. The summed E-state index contributed by atoms with van der Waals surface area (Å²) in [7, 11) is 1.55. The minimum Gasteiger partial charge on any atom is -0.493 e. The van der Waals surface area contributed by atoms with E-state index < -0.39 is 5.69 Å². The first-order valence-electron chi connectivity index (χ1n) is 8.01. The highest BCUT2D eigenvalue weighted by molar-refractivity contribution is 6.42. The molecule has 0 aliphatic carbocycles. The zero-order chi connectivity index (χ0) is 19.9. The molecule has 0 saturated heterocycles. The topological polar surface area (TPSA) is 101 Å². The molecule has 2 aromatic carbocycles. The molecule has 10 heteroatoms. The van der Waals surface area contributed by atoms with Crippen LogP contribution in [0.3, 0.4) is 0 Å². The van der Waals surface area contributed by atoms with Crippen LogP contribution >= 0.6 is 23.2 Å². The molecule has 0 spiro atoms. The van der Waals surface area contributed by atoms with Crippen molar-refractivity contribution in [2.45, 2.75) is 6.61 Å². The lowest BCUT2D eigenvalue weighted by Gasteiger charge is -2.11. The normalized spacial score (nSPS) is 10.8. The van der Waals surface area contributed by atoms with Crippen LogP contribution in [0.5, 0.6) is 11.5 Å². The summed E-state index contributed by atoms with van der Waals surface area (Å²) in [6, 6.07) is 10.6. The molecule has 0 saturated carbocycles. The lowest BCUT2D eigenvalue weighted by atomic mass is 10.2. The largest absolute Gasteiger partial charge is 0.493 e. The van der Waals surface area contributed by atoms with Crippen LogP contribution in [0.25, 0.3) is 0 Å². The van der Waals surface area contributed by atoms with Crippen molar-refractivity contribution in [1.29, 1.82) is 0 Å². The van der Waals surface area contributed by atoms with Crippen LogP contribution in [0.4, 0.5) is 5.82 Å². The number of nitrogens with one attached hydrogen (secondary N) is 2. The van der Waals surface area contributed by atoms with Gasteiger partial charge in [-0.15, -0.1) is 0 Å². The second-order valence-electron chi connectivity index (χ2n) is 5.49. The Morgan fingerprint density at radius 1 is 1.18 bits per heavy atom. The van der Waals surface area contributed by atoms with Crippen LogP contribution in [0.1, 0.15) is 11.1 Å². The molecule has 0 unspecified atom stereocenters. The van der Waals surface area contributed by atoms with Crippen molar-refractivity contribution in [2.24, 2.45) is 5.10 Å². The van der Waals surface area contributed by atoms with Gasteiger partial charge in [-0.2, -0.15) is 15.2 Å². The zero-order valence-corrected chi connectivity index (χ0v) is 16.2. The minimum atomic E-state index is -0.564. The van der Waals surface area contributed by atoms with Gasteiger partial charge in [0.05, 0.1) is 29.6 Å². The van der Waals surface area contributed by atoms with Gasteiger partial charge in [0, 0.05) is 0 Å². The Kier molecular flexibility index (Phi) is 6.46. The summed E-state index contributed by atoms with van der Waals surface area (Å²) in [4.78, 5) is 14.7. The number of H-pyrrole nitrogens is 1. The number of benzene rings is 2. The van der Waals surface area contributed by atoms with Gasteiger partial charge < -0.3 is 9.47 Å². The fourth-order valence-electron chi connectivity index (χ4n) is 2.21. The third-order valence-corrected chi connectivity index (χ3v) is 4.27. The van der Waals surface area contributed by atoms with Crippen molar-refractivity contribution >= 4 is 35.2 Å². The molecule has 0 amide bonds. The van der Waals surface area contributed by atoms with E-state index in [0.29, 0.717) is 28.2 Å². The quantitative estimate of drug-likeness (QED) is 0.448. The number of hydrazone groups is 1. The lowest BCUT2D eigenvalue weighted by molar-refractivity contribution is 0.284. The first kappa shape index (κ1) is 19.7. The van der Waals surface area contributed by atoms with Gasteiger partial charge in [0.25, 0.3) is 0 Å². The average Bonchev–Trinajstić information content (AvgIpc) is 2.69. The molecule has 0 aliphatic rings. The third-order valence-electron chi connectivity index (χ3n) is 3.53. The molecule has 0 bridgehead atoms. The van der Waals surface area contributed by atoms with Crippen LogP contribution < -0.4 is 20.6 Å². The second-order valence-corrected chi connectivity index (χ2v) is 6.30. The monoisotopic (exact) mass is 419 g/mol. The van der Waals surface area contributed by atoms with E-state index in [2.05, 4.69) is 25.7 Å². The van der Waals surface area contributed by atoms with E-state index in [1.807, 2.05) is 6.07 Å². The number of aromatic amines is 1. The molecule has 8 nitrogen and oxygen atoms in total. The lowest BCUT2D eigenvalue weighted by Crippen LogP contribution is -2.13. The summed E-state index contributed by atoms with van der Waals surface area (Å²) in [6.07, 6.45) is 2.90. The smallest absolute Gasteiger partial charge is 0.363 e. The highest BCUT2D eigenvalue weighted by Crippen LogP contribution is 2.29. The Morgan fingerprint density at radius 3 is 2.79 bits per heavy atom. The number of aromatic nitrogens is 3. The number of hydrogen-bond donors (Lipinski definition) is 2. The van der Waals surface area contributed by atoms with E-state index in [-0.39, 0.29) is 5.82 Å². The molecule has 1 aromatic heterocycles. The van der Waals surface area contributed by atoms with Crippen molar-refractivity contribution in [3.05, 3.63) is 74.3 Å². The number of halogens is 2. The molecule has 144 valence electrons. The Morgan fingerprint density at radius 2 is 2.04 bits per heavy atom. The molecular formula is C18H15Cl2N5O3. The van der Waals surface area contributed by atoms with Gasteiger partial charge in [-0.1, -0.05) is 29.3 Å². The van der Waals surface area contributed by atoms with Gasteiger partial charge in [0.2, 0.25) is 0 Å².